The smallest absolute Gasteiger partial charge is 0.235 e. The number of aromatic hydroxyl groups is 2. The summed E-state index contributed by atoms with van der Waals surface area (Å²) in [5.41, 5.74) is 3.14. The van der Waals surface area contributed by atoms with E-state index in [0.717, 1.165) is 35.5 Å². The summed E-state index contributed by atoms with van der Waals surface area (Å²) in [4.78, 5) is 4.06. The number of aryl methyl sites for hydroxylation is 1. The molecule has 4 rings (SSSR count). The predicted octanol–water partition coefficient (Wildman–Crippen LogP) is 4.53. The van der Waals surface area contributed by atoms with Gasteiger partial charge >= 0.3 is 0 Å². The van der Waals surface area contributed by atoms with Gasteiger partial charge in [-0.3, -0.25) is 0 Å². The Morgan fingerprint density at radius 3 is 2.34 bits per heavy atom. The van der Waals surface area contributed by atoms with Gasteiger partial charge in [0.25, 0.3) is 0 Å². The monoisotopic (exact) mass is 389 g/mol. The summed E-state index contributed by atoms with van der Waals surface area (Å²) < 4.78 is 9.04. The van der Waals surface area contributed by atoms with Crippen LogP contribution in [0.5, 0.6) is 17.4 Å². The molecule has 148 valence electrons. The fourth-order valence-corrected chi connectivity index (χ4v) is 3.57. The van der Waals surface area contributed by atoms with Gasteiger partial charge in [0.05, 0.1) is 24.7 Å². The van der Waals surface area contributed by atoms with Gasteiger partial charge in [-0.25, -0.2) is 4.98 Å². The Balaban J connectivity index is 1.78. The van der Waals surface area contributed by atoms with Crippen LogP contribution in [-0.2, 0) is 13.1 Å². The maximum atomic E-state index is 10.8. The van der Waals surface area contributed by atoms with Crippen molar-refractivity contribution >= 4 is 0 Å². The summed E-state index contributed by atoms with van der Waals surface area (Å²) in [5.74, 6) is 0.520. The maximum Gasteiger partial charge on any atom is 0.235 e. The van der Waals surface area contributed by atoms with Crippen molar-refractivity contribution in [3.05, 3.63) is 73.3 Å². The molecule has 0 saturated carbocycles. The third-order valence-electron chi connectivity index (χ3n) is 4.99. The van der Waals surface area contributed by atoms with Gasteiger partial charge in [-0.1, -0.05) is 30.3 Å². The van der Waals surface area contributed by atoms with Crippen LogP contribution in [0.4, 0.5) is 0 Å². The van der Waals surface area contributed by atoms with E-state index >= 15 is 0 Å². The number of imidazole rings is 1. The highest BCUT2D eigenvalue weighted by atomic mass is 16.5. The summed E-state index contributed by atoms with van der Waals surface area (Å²) in [6.07, 6.45) is 6.20. The summed E-state index contributed by atoms with van der Waals surface area (Å²) in [7, 11) is 1.63. The third-order valence-corrected chi connectivity index (χ3v) is 4.99. The van der Waals surface area contributed by atoms with E-state index in [2.05, 4.69) is 4.98 Å². The quantitative estimate of drug-likeness (QED) is 0.487. The first-order valence-corrected chi connectivity index (χ1v) is 9.49. The van der Waals surface area contributed by atoms with Gasteiger partial charge in [0.15, 0.2) is 5.75 Å². The molecule has 2 heterocycles. The van der Waals surface area contributed by atoms with Crippen LogP contribution in [0, 0.1) is 0 Å². The normalized spacial score (nSPS) is 10.9. The Hall–Kier alpha value is -3.67. The van der Waals surface area contributed by atoms with E-state index in [1.165, 1.54) is 0 Å². The molecule has 0 aliphatic carbocycles. The fraction of sp³-hybridized carbons (Fsp3) is 0.174. The first-order valence-electron chi connectivity index (χ1n) is 9.49. The summed E-state index contributed by atoms with van der Waals surface area (Å²) in [5, 5.41) is 21.5. The van der Waals surface area contributed by atoms with Crippen molar-refractivity contribution in [3.63, 3.8) is 0 Å². The van der Waals surface area contributed by atoms with Crippen molar-refractivity contribution < 1.29 is 14.9 Å². The van der Waals surface area contributed by atoms with Gasteiger partial charge in [-0.05, 0) is 41.8 Å². The second-order valence-corrected chi connectivity index (χ2v) is 6.80. The topological polar surface area (TPSA) is 72.4 Å². The van der Waals surface area contributed by atoms with Crippen LogP contribution < -0.4 is 4.74 Å². The molecule has 0 fully saturated rings. The number of nitrogens with zero attached hydrogens (tertiary/aromatic N) is 3. The van der Waals surface area contributed by atoms with Crippen LogP contribution >= 0.6 is 0 Å². The molecule has 2 N–H and O–H groups in total. The van der Waals surface area contributed by atoms with Crippen molar-refractivity contribution in [2.45, 2.75) is 19.5 Å². The first kappa shape index (κ1) is 18.7. The maximum absolute atomic E-state index is 10.8. The number of hydrogen-bond acceptors (Lipinski definition) is 4. The van der Waals surface area contributed by atoms with E-state index in [1.807, 2.05) is 65.4 Å². The highest BCUT2D eigenvalue weighted by Crippen LogP contribution is 2.47. The van der Waals surface area contributed by atoms with E-state index in [-0.39, 0.29) is 11.6 Å². The van der Waals surface area contributed by atoms with Crippen molar-refractivity contribution in [2.75, 3.05) is 7.11 Å². The van der Waals surface area contributed by atoms with Gasteiger partial charge in [-0.2, -0.15) is 0 Å². The Kier molecular flexibility index (Phi) is 5.24. The lowest BCUT2D eigenvalue weighted by atomic mass is 10.0. The zero-order valence-electron chi connectivity index (χ0n) is 16.2. The molecule has 0 atom stereocenters. The molecule has 0 amide bonds. The number of aromatic nitrogens is 3. The van der Waals surface area contributed by atoms with Crippen molar-refractivity contribution in [3.8, 4) is 39.8 Å². The zero-order chi connectivity index (χ0) is 20.2. The highest BCUT2D eigenvalue weighted by Gasteiger charge is 2.24. The molecule has 2 aromatic heterocycles. The van der Waals surface area contributed by atoms with Crippen LogP contribution in [-0.4, -0.2) is 31.4 Å². The number of hydrogen-bond donors (Lipinski definition) is 2. The third kappa shape index (κ3) is 3.69. The summed E-state index contributed by atoms with van der Waals surface area (Å²) in [6.45, 7) is 1.31. The second kappa shape index (κ2) is 8.14. The standard InChI is InChI=1S/C23H23N3O3/c1-29-19-10-8-18(9-11-19)21-20(17-6-3-2-4-7-17)22(27)23(28)26(21)14-5-13-25-15-12-24-16-25/h2-4,6-12,15-16,27-28H,5,13-14H2,1H3. The van der Waals surface area contributed by atoms with Gasteiger partial charge < -0.3 is 24.1 Å². The minimum Gasteiger partial charge on any atom is -0.503 e. The lowest BCUT2D eigenvalue weighted by molar-refractivity contribution is 0.368. The SMILES string of the molecule is COc1ccc(-c2c(-c3ccccc3)c(O)c(O)n2CCCn2ccnc2)cc1. The second-order valence-electron chi connectivity index (χ2n) is 6.80. The average molecular weight is 389 g/mol. The average Bonchev–Trinajstić information content (AvgIpc) is 3.37. The van der Waals surface area contributed by atoms with E-state index in [1.54, 1.807) is 24.2 Å². The Morgan fingerprint density at radius 2 is 1.69 bits per heavy atom. The van der Waals surface area contributed by atoms with Crippen LogP contribution in [0.1, 0.15) is 6.42 Å². The number of benzene rings is 2. The van der Waals surface area contributed by atoms with Crippen molar-refractivity contribution in [2.24, 2.45) is 0 Å². The minimum absolute atomic E-state index is 0.107. The lowest BCUT2D eigenvalue weighted by Gasteiger charge is -2.13. The molecular formula is C23H23N3O3. The fourth-order valence-electron chi connectivity index (χ4n) is 3.57. The molecule has 0 aliphatic rings. The minimum atomic E-state index is -0.125. The molecule has 0 unspecified atom stereocenters. The molecule has 0 radical (unpaired) electrons. The Bertz CT molecular complexity index is 1070. The molecule has 6 heteroatoms. The zero-order valence-corrected chi connectivity index (χ0v) is 16.2. The number of methoxy groups -OCH3 is 1. The first-order chi connectivity index (χ1) is 14.2. The Morgan fingerprint density at radius 1 is 0.931 bits per heavy atom. The summed E-state index contributed by atoms with van der Waals surface area (Å²) in [6, 6.07) is 17.2. The van der Waals surface area contributed by atoms with Gasteiger partial charge in [0.1, 0.15) is 5.75 Å². The van der Waals surface area contributed by atoms with Crippen LogP contribution in [0.2, 0.25) is 0 Å². The van der Waals surface area contributed by atoms with Crippen LogP contribution in [0.3, 0.4) is 0 Å². The molecule has 0 aliphatic heterocycles. The van der Waals surface area contributed by atoms with Gasteiger partial charge in [0.2, 0.25) is 5.88 Å². The highest BCUT2D eigenvalue weighted by molar-refractivity contribution is 5.88. The molecule has 0 spiro atoms. The molecule has 29 heavy (non-hydrogen) atoms. The predicted molar refractivity (Wildman–Crippen MR) is 112 cm³/mol. The van der Waals surface area contributed by atoms with Gasteiger partial charge in [-0.15, -0.1) is 0 Å². The van der Waals surface area contributed by atoms with E-state index in [4.69, 9.17) is 4.74 Å². The molecule has 6 nitrogen and oxygen atoms in total. The van der Waals surface area contributed by atoms with Crippen LogP contribution in [0.15, 0.2) is 73.3 Å². The van der Waals surface area contributed by atoms with Crippen LogP contribution in [0.25, 0.3) is 22.4 Å². The lowest BCUT2D eigenvalue weighted by Crippen LogP contribution is -2.04. The molecule has 4 aromatic rings. The summed E-state index contributed by atoms with van der Waals surface area (Å²) >= 11 is 0. The molecule has 0 saturated heterocycles. The molecule has 2 aromatic carbocycles. The van der Waals surface area contributed by atoms with Gasteiger partial charge in [0, 0.05) is 25.5 Å². The van der Waals surface area contributed by atoms with E-state index < -0.39 is 0 Å². The van der Waals surface area contributed by atoms with E-state index in [9.17, 15) is 10.2 Å². The Labute approximate surface area is 169 Å². The van der Waals surface area contributed by atoms with E-state index in [0.29, 0.717) is 12.1 Å². The molecular weight excluding hydrogens is 366 g/mol. The molecule has 0 bridgehead atoms. The number of ether oxygens (including phenoxy) is 1. The number of rotatable bonds is 7. The van der Waals surface area contributed by atoms with Crippen molar-refractivity contribution in [1.82, 2.24) is 14.1 Å². The largest absolute Gasteiger partial charge is 0.503 e. The van der Waals surface area contributed by atoms with Crippen molar-refractivity contribution in [1.29, 1.82) is 0 Å².